The highest BCUT2D eigenvalue weighted by molar-refractivity contribution is 5.78. The van der Waals surface area contributed by atoms with Crippen molar-refractivity contribution in [1.29, 1.82) is 0 Å². The lowest BCUT2D eigenvalue weighted by Crippen LogP contribution is -2.63. The quantitative estimate of drug-likeness (QED) is 0.814. The van der Waals surface area contributed by atoms with E-state index in [1.54, 1.807) is 12.3 Å². The minimum Gasteiger partial charge on any atom is -0.467 e. The van der Waals surface area contributed by atoms with Crippen molar-refractivity contribution in [3.05, 3.63) is 24.2 Å². The van der Waals surface area contributed by atoms with Crippen LogP contribution in [-0.4, -0.2) is 41.1 Å². The molecule has 1 amide bonds. The normalized spacial score (nSPS) is 19.7. The van der Waals surface area contributed by atoms with Gasteiger partial charge in [-0.1, -0.05) is 13.3 Å². The molecule has 1 atom stereocenters. The molecule has 0 spiro atoms. The van der Waals surface area contributed by atoms with E-state index in [-0.39, 0.29) is 11.9 Å². The fourth-order valence-corrected chi connectivity index (χ4v) is 2.62. The smallest absolute Gasteiger partial charge is 0.234 e. The Labute approximate surface area is 113 Å². The van der Waals surface area contributed by atoms with E-state index in [1.807, 2.05) is 17.9 Å². The van der Waals surface area contributed by atoms with Gasteiger partial charge < -0.3 is 14.8 Å². The average Bonchev–Trinajstić information content (AvgIpc) is 2.80. The molecule has 1 saturated heterocycles. The summed E-state index contributed by atoms with van der Waals surface area (Å²) in [5.41, 5.74) is -0.582. The number of hydrogen-bond acceptors (Lipinski definition) is 4. The Morgan fingerprint density at radius 3 is 2.95 bits per heavy atom. The summed E-state index contributed by atoms with van der Waals surface area (Å²) >= 11 is 0. The van der Waals surface area contributed by atoms with Crippen LogP contribution in [0, 0.1) is 0 Å². The van der Waals surface area contributed by atoms with Crippen molar-refractivity contribution in [3.8, 4) is 0 Å². The van der Waals surface area contributed by atoms with Crippen LogP contribution in [0.1, 0.15) is 38.5 Å². The molecule has 0 aliphatic carbocycles. The highest BCUT2D eigenvalue weighted by Gasteiger charge is 2.40. The highest BCUT2D eigenvalue weighted by Crippen LogP contribution is 2.25. The molecule has 5 heteroatoms. The molecule has 106 valence electrons. The van der Waals surface area contributed by atoms with Crippen LogP contribution in [0.2, 0.25) is 0 Å². The molecular formula is C14H22N2O3. The lowest BCUT2D eigenvalue weighted by Gasteiger charge is -2.46. The van der Waals surface area contributed by atoms with Crippen molar-refractivity contribution in [1.82, 2.24) is 10.2 Å². The molecule has 0 radical (unpaired) electrons. The van der Waals surface area contributed by atoms with Gasteiger partial charge in [0.15, 0.2) is 0 Å². The number of amides is 1. The van der Waals surface area contributed by atoms with Crippen LogP contribution >= 0.6 is 0 Å². The second-order valence-corrected chi connectivity index (χ2v) is 5.42. The molecule has 19 heavy (non-hydrogen) atoms. The monoisotopic (exact) mass is 266 g/mol. The van der Waals surface area contributed by atoms with E-state index in [0.717, 1.165) is 18.6 Å². The molecule has 1 unspecified atom stereocenters. The SMILES string of the molecule is CCCC1(O)CN(CC(=O)NC(C)c2ccco2)C1. The summed E-state index contributed by atoms with van der Waals surface area (Å²) in [5, 5.41) is 12.9. The van der Waals surface area contributed by atoms with Gasteiger partial charge in [0.05, 0.1) is 24.5 Å². The fourth-order valence-electron chi connectivity index (χ4n) is 2.62. The summed E-state index contributed by atoms with van der Waals surface area (Å²) in [6.07, 6.45) is 3.36. The summed E-state index contributed by atoms with van der Waals surface area (Å²) in [4.78, 5) is 13.8. The zero-order chi connectivity index (χ0) is 13.9. The van der Waals surface area contributed by atoms with Crippen LogP contribution in [-0.2, 0) is 4.79 Å². The lowest BCUT2D eigenvalue weighted by molar-refractivity contribution is -0.134. The molecular weight excluding hydrogens is 244 g/mol. The number of carbonyl (C=O) groups excluding carboxylic acids is 1. The van der Waals surface area contributed by atoms with Gasteiger partial charge in [-0.05, 0) is 25.5 Å². The molecule has 1 aromatic rings. The molecule has 0 saturated carbocycles. The maximum absolute atomic E-state index is 11.8. The van der Waals surface area contributed by atoms with Crippen molar-refractivity contribution < 1.29 is 14.3 Å². The third-order valence-electron chi connectivity index (χ3n) is 3.47. The zero-order valence-electron chi connectivity index (χ0n) is 11.6. The number of carbonyl (C=O) groups is 1. The first-order chi connectivity index (χ1) is 9.02. The minimum atomic E-state index is -0.582. The summed E-state index contributed by atoms with van der Waals surface area (Å²) in [5.74, 6) is 0.710. The third kappa shape index (κ3) is 3.58. The van der Waals surface area contributed by atoms with Gasteiger partial charge in [-0.3, -0.25) is 9.69 Å². The second-order valence-electron chi connectivity index (χ2n) is 5.42. The standard InChI is InChI=1S/C14H22N2O3/c1-3-6-14(18)9-16(10-14)8-13(17)15-11(2)12-5-4-7-19-12/h4-5,7,11,18H,3,6,8-10H2,1-2H3,(H,15,17). The molecule has 5 nitrogen and oxygen atoms in total. The topological polar surface area (TPSA) is 65.7 Å². The molecule has 2 N–H and O–H groups in total. The first-order valence-electron chi connectivity index (χ1n) is 6.80. The summed E-state index contributed by atoms with van der Waals surface area (Å²) in [7, 11) is 0. The van der Waals surface area contributed by atoms with E-state index in [4.69, 9.17) is 4.42 Å². The molecule has 0 bridgehead atoms. The van der Waals surface area contributed by atoms with Crippen LogP contribution in [0.4, 0.5) is 0 Å². The molecule has 1 aromatic heterocycles. The van der Waals surface area contributed by atoms with Gasteiger partial charge in [0, 0.05) is 13.1 Å². The number of β-amino-alcohol motifs (C(OH)–C–C–N with tert-alkyl or cyclic N) is 1. The maximum Gasteiger partial charge on any atom is 0.234 e. The first-order valence-corrected chi connectivity index (χ1v) is 6.80. The largest absolute Gasteiger partial charge is 0.467 e. The molecule has 0 aromatic carbocycles. The molecule has 1 fully saturated rings. The Morgan fingerprint density at radius 1 is 1.63 bits per heavy atom. The fraction of sp³-hybridized carbons (Fsp3) is 0.643. The van der Waals surface area contributed by atoms with Crippen LogP contribution in [0.15, 0.2) is 22.8 Å². The minimum absolute atomic E-state index is 0.0394. The maximum atomic E-state index is 11.8. The van der Waals surface area contributed by atoms with Gasteiger partial charge in [-0.15, -0.1) is 0 Å². The molecule has 2 heterocycles. The zero-order valence-corrected chi connectivity index (χ0v) is 11.6. The summed E-state index contributed by atoms with van der Waals surface area (Å²) in [6, 6.07) is 3.52. The Kier molecular flexibility index (Phi) is 4.27. The number of aliphatic hydroxyl groups is 1. The Bertz CT molecular complexity index is 410. The van der Waals surface area contributed by atoms with Gasteiger partial charge in [-0.25, -0.2) is 0 Å². The van der Waals surface area contributed by atoms with Gasteiger partial charge in [-0.2, -0.15) is 0 Å². The number of nitrogens with one attached hydrogen (secondary N) is 1. The van der Waals surface area contributed by atoms with Crippen LogP contribution < -0.4 is 5.32 Å². The second kappa shape index (κ2) is 5.75. The van der Waals surface area contributed by atoms with Gasteiger partial charge in [0.1, 0.15) is 5.76 Å². The van der Waals surface area contributed by atoms with Crippen molar-refractivity contribution in [2.24, 2.45) is 0 Å². The van der Waals surface area contributed by atoms with Gasteiger partial charge in [0.25, 0.3) is 0 Å². The molecule has 2 rings (SSSR count). The van der Waals surface area contributed by atoms with E-state index >= 15 is 0 Å². The van der Waals surface area contributed by atoms with Gasteiger partial charge in [0.2, 0.25) is 5.91 Å². The van der Waals surface area contributed by atoms with E-state index in [9.17, 15) is 9.90 Å². The van der Waals surface area contributed by atoms with Crippen LogP contribution in [0.25, 0.3) is 0 Å². The van der Waals surface area contributed by atoms with Crippen molar-refractivity contribution in [2.45, 2.75) is 38.3 Å². The molecule has 1 aliphatic rings. The number of rotatable bonds is 6. The Hall–Kier alpha value is -1.33. The van der Waals surface area contributed by atoms with E-state index in [0.29, 0.717) is 19.6 Å². The molecule has 1 aliphatic heterocycles. The van der Waals surface area contributed by atoms with E-state index in [2.05, 4.69) is 12.2 Å². The number of hydrogen-bond donors (Lipinski definition) is 2. The van der Waals surface area contributed by atoms with E-state index < -0.39 is 5.60 Å². The lowest BCUT2D eigenvalue weighted by atomic mass is 9.89. The highest BCUT2D eigenvalue weighted by atomic mass is 16.3. The Balaban J connectivity index is 1.72. The van der Waals surface area contributed by atoms with Gasteiger partial charge >= 0.3 is 0 Å². The predicted octanol–water partition coefficient (Wildman–Crippen LogP) is 1.30. The average molecular weight is 266 g/mol. The number of furan rings is 1. The van der Waals surface area contributed by atoms with Crippen LogP contribution in [0.3, 0.4) is 0 Å². The van der Waals surface area contributed by atoms with E-state index in [1.165, 1.54) is 0 Å². The number of nitrogens with zero attached hydrogens (tertiary/aromatic N) is 1. The predicted molar refractivity (Wildman–Crippen MR) is 71.6 cm³/mol. The van der Waals surface area contributed by atoms with Crippen molar-refractivity contribution in [2.75, 3.05) is 19.6 Å². The number of likely N-dealkylation sites (tertiary alicyclic amines) is 1. The third-order valence-corrected chi connectivity index (χ3v) is 3.47. The van der Waals surface area contributed by atoms with Crippen molar-refractivity contribution in [3.63, 3.8) is 0 Å². The van der Waals surface area contributed by atoms with Crippen molar-refractivity contribution >= 4 is 5.91 Å². The summed E-state index contributed by atoms with van der Waals surface area (Å²) in [6.45, 7) is 5.45. The first kappa shape index (κ1) is 14.1. The Morgan fingerprint density at radius 2 is 2.37 bits per heavy atom. The van der Waals surface area contributed by atoms with Crippen LogP contribution in [0.5, 0.6) is 0 Å². The summed E-state index contributed by atoms with van der Waals surface area (Å²) < 4.78 is 5.24.